The fourth-order valence-electron chi connectivity index (χ4n) is 1.44. The van der Waals surface area contributed by atoms with Crippen LogP contribution in [0.4, 0.5) is 13.2 Å². The lowest BCUT2D eigenvalue weighted by Gasteiger charge is -2.23. The molecular weight excluding hydrogens is 243 g/mol. The molecule has 0 atom stereocenters. The van der Waals surface area contributed by atoms with Crippen molar-refractivity contribution in [3.8, 4) is 0 Å². The van der Waals surface area contributed by atoms with Crippen molar-refractivity contribution in [1.29, 1.82) is 0 Å². The average molecular weight is 261 g/mol. The molecule has 0 aliphatic heterocycles. The summed E-state index contributed by atoms with van der Waals surface area (Å²) < 4.78 is 42.7. The first kappa shape index (κ1) is 15.0. The fraction of sp³-hybridized carbons (Fsp3) is 0.538. The van der Waals surface area contributed by atoms with E-state index in [9.17, 15) is 13.2 Å². The van der Waals surface area contributed by atoms with Crippen LogP contribution in [0.1, 0.15) is 25.0 Å². The summed E-state index contributed by atoms with van der Waals surface area (Å²) >= 11 is 0. The van der Waals surface area contributed by atoms with Gasteiger partial charge in [0.1, 0.15) is 0 Å². The number of hydrogen-bond donors (Lipinski definition) is 1. The molecule has 2 nitrogen and oxygen atoms in total. The third-order valence-electron chi connectivity index (χ3n) is 2.69. The van der Waals surface area contributed by atoms with Gasteiger partial charge in [-0.1, -0.05) is 18.2 Å². The van der Waals surface area contributed by atoms with Crippen molar-refractivity contribution < 1.29 is 17.9 Å². The van der Waals surface area contributed by atoms with Crippen molar-refractivity contribution in [2.45, 2.75) is 32.2 Å². The molecule has 0 aliphatic carbocycles. The Morgan fingerprint density at radius 2 is 1.89 bits per heavy atom. The summed E-state index contributed by atoms with van der Waals surface area (Å²) in [6.07, 6.45) is -4.29. The molecule has 18 heavy (non-hydrogen) atoms. The maximum Gasteiger partial charge on any atom is 0.416 e. The maximum absolute atomic E-state index is 12.5. The van der Waals surface area contributed by atoms with Crippen LogP contribution < -0.4 is 5.32 Å². The zero-order chi connectivity index (χ0) is 13.8. The summed E-state index contributed by atoms with van der Waals surface area (Å²) in [5.41, 5.74) is -0.341. The van der Waals surface area contributed by atoms with Gasteiger partial charge in [-0.15, -0.1) is 0 Å². The minimum atomic E-state index is -4.29. The molecule has 0 radical (unpaired) electrons. The van der Waals surface area contributed by atoms with E-state index in [1.807, 2.05) is 13.8 Å². The van der Waals surface area contributed by atoms with E-state index in [-0.39, 0.29) is 5.60 Å². The van der Waals surface area contributed by atoms with Crippen LogP contribution in [0, 0.1) is 0 Å². The molecule has 0 heterocycles. The maximum atomic E-state index is 12.5. The molecule has 0 aromatic heterocycles. The van der Waals surface area contributed by atoms with Gasteiger partial charge in [0.05, 0.1) is 11.2 Å². The molecule has 0 bridgehead atoms. The second-order valence-electron chi connectivity index (χ2n) is 4.77. The van der Waals surface area contributed by atoms with Crippen LogP contribution >= 0.6 is 0 Å². The molecule has 1 aromatic rings. The Labute approximate surface area is 105 Å². The predicted molar refractivity (Wildman–Crippen MR) is 64.2 cm³/mol. The molecule has 0 unspecified atom stereocenters. The highest BCUT2D eigenvalue weighted by Crippen LogP contribution is 2.29. The van der Waals surface area contributed by atoms with Crippen molar-refractivity contribution in [1.82, 2.24) is 5.32 Å². The molecule has 5 heteroatoms. The Kier molecular flexibility index (Phi) is 4.76. The van der Waals surface area contributed by atoms with Gasteiger partial charge in [0, 0.05) is 20.2 Å². The quantitative estimate of drug-likeness (QED) is 0.878. The van der Waals surface area contributed by atoms with Gasteiger partial charge >= 0.3 is 6.18 Å². The van der Waals surface area contributed by atoms with E-state index < -0.39 is 11.7 Å². The molecule has 0 saturated carbocycles. The van der Waals surface area contributed by atoms with Crippen molar-refractivity contribution in [3.63, 3.8) is 0 Å². The van der Waals surface area contributed by atoms with Crippen molar-refractivity contribution in [2.24, 2.45) is 0 Å². The number of alkyl halides is 3. The zero-order valence-corrected chi connectivity index (χ0v) is 10.8. The summed E-state index contributed by atoms with van der Waals surface area (Å²) in [6.45, 7) is 4.77. The highest BCUT2D eigenvalue weighted by atomic mass is 19.4. The monoisotopic (exact) mass is 261 g/mol. The summed E-state index contributed by atoms with van der Waals surface area (Å²) in [6, 6.07) is 5.32. The SMILES string of the molecule is COC(C)(C)CNCc1cccc(C(F)(F)F)c1. The highest BCUT2D eigenvalue weighted by molar-refractivity contribution is 5.25. The van der Waals surface area contributed by atoms with Crippen LogP contribution in [0.25, 0.3) is 0 Å². The van der Waals surface area contributed by atoms with E-state index >= 15 is 0 Å². The molecule has 0 spiro atoms. The van der Waals surface area contributed by atoms with Crippen molar-refractivity contribution >= 4 is 0 Å². The van der Waals surface area contributed by atoms with Crippen LogP contribution in [0.5, 0.6) is 0 Å². The molecule has 1 rings (SSSR count). The molecule has 0 aliphatic rings. The molecule has 1 aromatic carbocycles. The van der Waals surface area contributed by atoms with Crippen LogP contribution in [-0.4, -0.2) is 19.3 Å². The molecule has 102 valence electrons. The van der Waals surface area contributed by atoms with Gasteiger partial charge in [-0.05, 0) is 25.5 Å². The Bertz CT molecular complexity index is 388. The lowest BCUT2D eigenvalue weighted by molar-refractivity contribution is -0.137. The van der Waals surface area contributed by atoms with Gasteiger partial charge in [-0.3, -0.25) is 0 Å². The summed E-state index contributed by atoms with van der Waals surface area (Å²) in [4.78, 5) is 0. The number of ether oxygens (including phenoxy) is 1. The molecule has 0 amide bonds. The number of halogens is 3. The van der Waals surface area contributed by atoms with Gasteiger partial charge in [-0.25, -0.2) is 0 Å². The Morgan fingerprint density at radius 3 is 2.44 bits per heavy atom. The first-order valence-corrected chi connectivity index (χ1v) is 5.66. The minimum Gasteiger partial charge on any atom is -0.377 e. The van der Waals surface area contributed by atoms with Crippen LogP contribution in [0.2, 0.25) is 0 Å². The summed E-state index contributed by atoms with van der Waals surface area (Å²) in [7, 11) is 1.60. The third-order valence-corrected chi connectivity index (χ3v) is 2.69. The van der Waals surface area contributed by atoms with E-state index in [1.165, 1.54) is 6.07 Å². The lowest BCUT2D eigenvalue weighted by atomic mass is 10.1. The standard InChI is InChI=1S/C13H18F3NO/c1-12(2,18-3)9-17-8-10-5-4-6-11(7-10)13(14,15)16/h4-7,17H,8-9H2,1-3H3. The van der Waals surface area contributed by atoms with Crippen molar-refractivity contribution in [2.75, 3.05) is 13.7 Å². The predicted octanol–water partition coefficient (Wildman–Crippen LogP) is 3.22. The summed E-state index contributed by atoms with van der Waals surface area (Å²) in [5, 5.41) is 3.08. The lowest BCUT2D eigenvalue weighted by Crippen LogP contribution is -2.36. The Morgan fingerprint density at radius 1 is 1.22 bits per heavy atom. The normalized spacial score (nSPS) is 12.8. The third kappa shape index (κ3) is 4.66. The van der Waals surface area contributed by atoms with E-state index in [1.54, 1.807) is 13.2 Å². The number of nitrogens with one attached hydrogen (secondary N) is 1. The van der Waals surface area contributed by atoms with E-state index in [0.717, 1.165) is 12.1 Å². The van der Waals surface area contributed by atoms with Gasteiger partial charge < -0.3 is 10.1 Å². The smallest absolute Gasteiger partial charge is 0.377 e. The minimum absolute atomic E-state index is 0.332. The second-order valence-corrected chi connectivity index (χ2v) is 4.77. The molecule has 1 N–H and O–H groups in total. The molecule has 0 saturated heterocycles. The van der Waals surface area contributed by atoms with Crippen LogP contribution in [0.15, 0.2) is 24.3 Å². The van der Waals surface area contributed by atoms with E-state index in [0.29, 0.717) is 18.7 Å². The number of benzene rings is 1. The fourth-order valence-corrected chi connectivity index (χ4v) is 1.44. The second kappa shape index (κ2) is 5.71. The van der Waals surface area contributed by atoms with E-state index in [2.05, 4.69) is 5.32 Å². The van der Waals surface area contributed by atoms with E-state index in [4.69, 9.17) is 4.74 Å². The largest absolute Gasteiger partial charge is 0.416 e. The number of hydrogen-bond acceptors (Lipinski definition) is 2. The van der Waals surface area contributed by atoms with Crippen LogP contribution in [0.3, 0.4) is 0 Å². The number of methoxy groups -OCH3 is 1. The molecule has 0 fully saturated rings. The Balaban J connectivity index is 2.59. The average Bonchev–Trinajstić information content (AvgIpc) is 2.28. The topological polar surface area (TPSA) is 21.3 Å². The molecular formula is C13H18F3NO. The van der Waals surface area contributed by atoms with Crippen molar-refractivity contribution in [3.05, 3.63) is 35.4 Å². The Hall–Kier alpha value is -1.07. The first-order chi connectivity index (χ1) is 8.24. The zero-order valence-electron chi connectivity index (χ0n) is 10.8. The van der Waals surface area contributed by atoms with Gasteiger partial charge in [-0.2, -0.15) is 13.2 Å². The van der Waals surface area contributed by atoms with Gasteiger partial charge in [0.2, 0.25) is 0 Å². The summed E-state index contributed by atoms with van der Waals surface area (Å²) in [5.74, 6) is 0. The van der Waals surface area contributed by atoms with Gasteiger partial charge in [0.15, 0.2) is 0 Å². The highest BCUT2D eigenvalue weighted by Gasteiger charge is 2.30. The van der Waals surface area contributed by atoms with Gasteiger partial charge in [0.25, 0.3) is 0 Å². The first-order valence-electron chi connectivity index (χ1n) is 5.66. The van der Waals surface area contributed by atoms with Crippen LogP contribution in [-0.2, 0) is 17.5 Å². The number of rotatable bonds is 5.